The van der Waals surface area contributed by atoms with E-state index in [-0.39, 0.29) is 13.0 Å². The van der Waals surface area contributed by atoms with Crippen LogP contribution in [0.2, 0.25) is 0 Å². The zero-order chi connectivity index (χ0) is 13.2. The highest BCUT2D eigenvalue weighted by Gasteiger charge is 2.02. The van der Waals surface area contributed by atoms with Gasteiger partial charge in [-0.1, -0.05) is 31.1 Å². The van der Waals surface area contributed by atoms with Crippen LogP contribution < -0.4 is 16.2 Å². The first-order chi connectivity index (χ1) is 8.76. The van der Waals surface area contributed by atoms with Crippen molar-refractivity contribution in [3.63, 3.8) is 0 Å². The molecule has 0 bridgehead atoms. The highest BCUT2D eigenvalue weighted by atomic mass is 16.7. The highest BCUT2D eigenvalue weighted by molar-refractivity contribution is 5.69. The summed E-state index contributed by atoms with van der Waals surface area (Å²) < 4.78 is 5.41. The summed E-state index contributed by atoms with van der Waals surface area (Å²) in [4.78, 5) is 15.3. The maximum Gasteiger partial charge on any atom is 0.329 e. The maximum atomic E-state index is 11.0. The quantitative estimate of drug-likeness (QED) is 0.544. The minimum absolute atomic E-state index is 0.155. The second-order valence-corrected chi connectivity index (χ2v) is 3.94. The lowest BCUT2D eigenvalue weighted by atomic mass is 10.1. The molecule has 100 valence electrons. The van der Waals surface area contributed by atoms with Crippen LogP contribution in [0, 0.1) is 0 Å². The average molecular weight is 252 g/mol. The monoisotopic (exact) mass is 252 g/mol. The van der Waals surface area contributed by atoms with Crippen molar-refractivity contribution in [2.75, 3.05) is 6.61 Å². The summed E-state index contributed by atoms with van der Waals surface area (Å²) in [5.74, 6) is 5.14. The first-order valence-corrected chi connectivity index (χ1v) is 6.13. The Morgan fingerprint density at radius 1 is 1.33 bits per heavy atom. The van der Waals surface area contributed by atoms with Crippen molar-refractivity contribution in [2.24, 2.45) is 5.84 Å². The van der Waals surface area contributed by atoms with E-state index in [4.69, 9.17) is 10.6 Å². The van der Waals surface area contributed by atoms with Crippen molar-refractivity contribution < 1.29 is 14.4 Å². The third-order valence-corrected chi connectivity index (χ3v) is 2.49. The average Bonchev–Trinajstić information content (AvgIpc) is 2.38. The lowest BCUT2D eigenvalue weighted by Gasteiger charge is -2.06. The molecule has 3 N–H and O–H groups in total. The lowest BCUT2D eigenvalue weighted by molar-refractivity contribution is -0.151. The van der Waals surface area contributed by atoms with E-state index in [0.717, 1.165) is 12.2 Å². The Hall–Kier alpha value is -1.59. The van der Waals surface area contributed by atoms with Gasteiger partial charge in [0.25, 0.3) is 0 Å². The smallest absolute Gasteiger partial charge is 0.329 e. The Labute approximate surface area is 107 Å². The molecular formula is C13H20N2O3. The molecule has 0 heterocycles. The van der Waals surface area contributed by atoms with Crippen LogP contribution in [0.3, 0.4) is 0 Å². The van der Waals surface area contributed by atoms with Gasteiger partial charge in [0.1, 0.15) is 5.75 Å². The van der Waals surface area contributed by atoms with E-state index in [1.165, 1.54) is 18.4 Å². The van der Waals surface area contributed by atoms with Gasteiger partial charge in [-0.3, -0.25) is 4.79 Å². The highest BCUT2D eigenvalue weighted by Crippen LogP contribution is 2.14. The van der Waals surface area contributed by atoms with Crippen molar-refractivity contribution in [3.05, 3.63) is 29.8 Å². The molecule has 0 aliphatic rings. The summed E-state index contributed by atoms with van der Waals surface area (Å²) in [6.45, 7) is 2.45. The first-order valence-electron chi connectivity index (χ1n) is 6.13. The number of nitrogens with one attached hydrogen (secondary N) is 1. The summed E-state index contributed by atoms with van der Waals surface area (Å²) in [6.07, 6.45) is 3.63. The minimum Gasteiger partial charge on any atom is -0.493 e. The standard InChI is InChI=1S/C13H20N2O3/c1-2-3-4-11-5-7-12(8-6-11)17-10-9-13(16)18-15-14/h5-8,15H,2-4,9-10,14H2,1H3. The Morgan fingerprint density at radius 2 is 2.06 bits per heavy atom. The van der Waals surface area contributed by atoms with Gasteiger partial charge in [0.2, 0.25) is 0 Å². The summed E-state index contributed by atoms with van der Waals surface area (Å²) in [7, 11) is 0. The fourth-order valence-electron chi connectivity index (χ4n) is 1.50. The summed E-state index contributed by atoms with van der Waals surface area (Å²) in [5, 5.41) is 0. The molecule has 1 aromatic rings. The molecule has 0 fully saturated rings. The van der Waals surface area contributed by atoms with Crippen LogP contribution in [0.5, 0.6) is 5.75 Å². The zero-order valence-electron chi connectivity index (χ0n) is 10.6. The SMILES string of the molecule is CCCCc1ccc(OCCC(=O)ONN)cc1. The second kappa shape index (κ2) is 8.49. The number of aryl methyl sites for hydroxylation is 1. The fourth-order valence-corrected chi connectivity index (χ4v) is 1.50. The number of nitrogens with two attached hydrogens (primary N) is 1. The molecule has 1 rings (SSSR count). The van der Waals surface area contributed by atoms with Crippen molar-refractivity contribution in [1.29, 1.82) is 0 Å². The van der Waals surface area contributed by atoms with Crippen LogP contribution in [0.1, 0.15) is 31.7 Å². The zero-order valence-corrected chi connectivity index (χ0v) is 10.6. The molecule has 0 atom stereocenters. The Balaban J connectivity index is 2.28. The van der Waals surface area contributed by atoms with Gasteiger partial charge in [0.05, 0.1) is 13.0 Å². The van der Waals surface area contributed by atoms with Gasteiger partial charge >= 0.3 is 5.97 Å². The predicted molar refractivity (Wildman–Crippen MR) is 68.6 cm³/mol. The Kier molecular flexibility index (Phi) is 6.83. The topological polar surface area (TPSA) is 73.6 Å². The molecule has 0 aliphatic heterocycles. The molecule has 0 unspecified atom stereocenters. The van der Waals surface area contributed by atoms with Crippen molar-refractivity contribution in [2.45, 2.75) is 32.6 Å². The van der Waals surface area contributed by atoms with Crippen LogP contribution in [0.4, 0.5) is 0 Å². The van der Waals surface area contributed by atoms with Crippen LogP contribution in [-0.2, 0) is 16.1 Å². The van der Waals surface area contributed by atoms with Gasteiger partial charge < -0.3 is 9.57 Å². The molecule has 1 aromatic carbocycles. The molecule has 5 nitrogen and oxygen atoms in total. The molecular weight excluding hydrogens is 232 g/mol. The van der Waals surface area contributed by atoms with E-state index >= 15 is 0 Å². The molecule has 0 spiro atoms. The van der Waals surface area contributed by atoms with Gasteiger partial charge in [0.15, 0.2) is 0 Å². The third-order valence-electron chi connectivity index (χ3n) is 2.49. The number of rotatable bonds is 8. The summed E-state index contributed by atoms with van der Waals surface area (Å²) >= 11 is 0. The molecule has 0 saturated carbocycles. The first kappa shape index (κ1) is 14.5. The lowest BCUT2D eigenvalue weighted by Crippen LogP contribution is -2.26. The number of carbonyl (C=O) groups excluding carboxylic acids is 1. The molecule has 0 aromatic heterocycles. The number of ether oxygens (including phenoxy) is 1. The van der Waals surface area contributed by atoms with E-state index < -0.39 is 5.97 Å². The van der Waals surface area contributed by atoms with Gasteiger partial charge in [-0.2, -0.15) is 0 Å². The molecule has 0 amide bonds. The molecule has 0 aliphatic carbocycles. The number of carbonyl (C=O) groups is 1. The van der Waals surface area contributed by atoms with E-state index in [1.807, 2.05) is 29.9 Å². The van der Waals surface area contributed by atoms with Gasteiger partial charge in [-0.25, -0.2) is 5.84 Å². The second-order valence-electron chi connectivity index (χ2n) is 3.94. The molecule has 0 saturated heterocycles. The number of unbranched alkanes of at least 4 members (excludes halogenated alkanes) is 1. The van der Waals surface area contributed by atoms with Crippen LogP contribution >= 0.6 is 0 Å². The van der Waals surface area contributed by atoms with Gasteiger partial charge in [-0.05, 0) is 30.5 Å². The number of hydrogen-bond donors (Lipinski definition) is 2. The predicted octanol–water partition coefficient (Wildman–Crippen LogP) is 1.72. The van der Waals surface area contributed by atoms with E-state index in [2.05, 4.69) is 11.8 Å². The summed E-state index contributed by atoms with van der Waals surface area (Å²) in [5.41, 5.74) is 3.14. The molecule has 5 heteroatoms. The normalized spacial score (nSPS) is 10.1. The number of benzene rings is 1. The summed E-state index contributed by atoms with van der Waals surface area (Å²) in [6, 6.07) is 7.92. The Morgan fingerprint density at radius 3 is 2.67 bits per heavy atom. The van der Waals surface area contributed by atoms with Crippen molar-refractivity contribution >= 4 is 5.97 Å². The van der Waals surface area contributed by atoms with Crippen LogP contribution in [0.25, 0.3) is 0 Å². The Bertz CT molecular complexity index is 352. The molecule has 0 radical (unpaired) electrons. The fraction of sp³-hybridized carbons (Fsp3) is 0.462. The van der Waals surface area contributed by atoms with E-state index in [1.54, 1.807) is 0 Å². The van der Waals surface area contributed by atoms with E-state index in [9.17, 15) is 4.79 Å². The molecule has 18 heavy (non-hydrogen) atoms. The number of hydrogen-bond acceptors (Lipinski definition) is 5. The van der Waals surface area contributed by atoms with Crippen molar-refractivity contribution in [3.8, 4) is 5.75 Å². The third kappa shape index (κ3) is 5.65. The largest absolute Gasteiger partial charge is 0.493 e. The maximum absolute atomic E-state index is 11.0. The van der Waals surface area contributed by atoms with E-state index in [0.29, 0.717) is 0 Å². The number of hydrazine groups is 1. The van der Waals surface area contributed by atoms with Gasteiger partial charge in [0, 0.05) is 0 Å². The van der Waals surface area contributed by atoms with Crippen LogP contribution in [0.15, 0.2) is 24.3 Å². The minimum atomic E-state index is -0.447. The van der Waals surface area contributed by atoms with Crippen LogP contribution in [-0.4, -0.2) is 12.6 Å². The van der Waals surface area contributed by atoms with Gasteiger partial charge in [-0.15, -0.1) is 0 Å². The van der Waals surface area contributed by atoms with Crippen molar-refractivity contribution in [1.82, 2.24) is 5.59 Å².